The Morgan fingerprint density at radius 2 is 2.18 bits per heavy atom. The van der Waals surface area contributed by atoms with Gasteiger partial charge in [0.25, 0.3) is 5.91 Å². The lowest BCUT2D eigenvalue weighted by Gasteiger charge is -2.19. The number of carbonyl (C=O) groups excluding carboxylic acids is 1. The standard InChI is InChI=1S/C20H18N6OS/c1-13-5-2-7-15-17(13)22-20(28-15)26(12-14-6-3-9-21-11-14)19(27)18-24-23-16-8-4-10-25(16)18/h2-3,5-7,9,11H,4,8,10,12H2,1H3. The molecule has 3 aromatic heterocycles. The molecule has 0 radical (unpaired) electrons. The number of aryl methyl sites for hydroxylation is 2. The molecule has 0 saturated heterocycles. The van der Waals surface area contributed by atoms with E-state index >= 15 is 0 Å². The van der Waals surface area contributed by atoms with Crippen molar-refractivity contribution < 1.29 is 4.79 Å². The first kappa shape index (κ1) is 17.0. The van der Waals surface area contributed by atoms with E-state index in [0.717, 1.165) is 46.6 Å². The summed E-state index contributed by atoms with van der Waals surface area (Å²) in [7, 11) is 0. The van der Waals surface area contributed by atoms with Gasteiger partial charge in [-0.05, 0) is 36.6 Å². The van der Waals surface area contributed by atoms with E-state index in [9.17, 15) is 4.79 Å². The zero-order valence-electron chi connectivity index (χ0n) is 15.4. The molecule has 0 aliphatic carbocycles. The first-order chi connectivity index (χ1) is 13.7. The van der Waals surface area contributed by atoms with Crippen molar-refractivity contribution in [2.45, 2.75) is 32.9 Å². The van der Waals surface area contributed by atoms with Gasteiger partial charge in [0.05, 0.1) is 16.8 Å². The summed E-state index contributed by atoms with van der Waals surface area (Å²) in [5.74, 6) is 1.08. The van der Waals surface area contributed by atoms with Gasteiger partial charge in [-0.25, -0.2) is 4.98 Å². The molecule has 0 unspecified atom stereocenters. The predicted octanol–water partition coefficient (Wildman–Crippen LogP) is 3.38. The van der Waals surface area contributed by atoms with Crippen molar-refractivity contribution in [3.8, 4) is 0 Å². The van der Waals surface area contributed by atoms with Crippen molar-refractivity contribution in [3.05, 3.63) is 65.5 Å². The third-order valence-corrected chi connectivity index (χ3v) is 5.99. The molecule has 1 aromatic carbocycles. The Balaban J connectivity index is 1.59. The molecule has 0 spiro atoms. The van der Waals surface area contributed by atoms with Crippen LogP contribution in [0.25, 0.3) is 10.2 Å². The molecule has 1 aliphatic rings. The second kappa shape index (κ2) is 6.79. The Morgan fingerprint density at radius 1 is 1.25 bits per heavy atom. The quantitative estimate of drug-likeness (QED) is 0.534. The van der Waals surface area contributed by atoms with Gasteiger partial charge in [0.15, 0.2) is 5.13 Å². The van der Waals surface area contributed by atoms with Crippen LogP contribution in [0.3, 0.4) is 0 Å². The number of pyridine rings is 1. The minimum atomic E-state index is -0.179. The lowest BCUT2D eigenvalue weighted by Crippen LogP contribution is -2.32. The Morgan fingerprint density at radius 3 is 3.00 bits per heavy atom. The number of carbonyl (C=O) groups is 1. The third kappa shape index (κ3) is 2.86. The zero-order chi connectivity index (χ0) is 19.1. The first-order valence-electron chi connectivity index (χ1n) is 9.20. The minimum Gasteiger partial charge on any atom is -0.307 e. The maximum absolute atomic E-state index is 13.5. The molecule has 8 heteroatoms. The maximum atomic E-state index is 13.5. The molecule has 7 nitrogen and oxygen atoms in total. The van der Waals surface area contributed by atoms with Crippen LogP contribution in [0, 0.1) is 6.92 Å². The van der Waals surface area contributed by atoms with Gasteiger partial charge in [0.1, 0.15) is 5.82 Å². The van der Waals surface area contributed by atoms with Gasteiger partial charge in [-0.2, -0.15) is 0 Å². The van der Waals surface area contributed by atoms with E-state index in [0.29, 0.717) is 17.5 Å². The summed E-state index contributed by atoms with van der Waals surface area (Å²) in [4.78, 5) is 24.1. The van der Waals surface area contributed by atoms with E-state index in [1.807, 2.05) is 41.8 Å². The summed E-state index contributed by atoms with van der Waals surface area (Å²) in [6.45, 7) is 3.20. The van der Waals surface area contributed by atoms with E-state index in [1.165, 1.54) is 11.3 Å². The van der Waals surface area contributed by atoms with Gasteiger partial charge in [0.2, 0.25) is 5.82 Å². The zero-order valence-corrected chi connectivity index (χ0v) is 16.2. The predicted molar refractivity (Wildman–Crippen MR) is 107 cm³/mol. The lowest BCUT2D eigenvalue weighted by atomic mass is 10.2. The molecule has 0 bridgehead atoms. The largest absolute Gasteiger partial charge is 0.307 e. The molecule has 5 rings (SSSR count). The topological polar surface area (TPSA) is 76.8 Å². The summed E-state index contributed by atoms with van der Waals surface area (Å²) in [6, 6.07) is 9.91. The highest BCUT2D eigenvalue weighted by Crippen LogP contribution is 2.32. The van der Waals surface area contributed by atoms with Gasteiger partial charge >= 0.3 is 0 Å². The number of hydrogen-bond donors (Lipinski definition) is 0. The molecular weight excluding hydrogens is 372 g/mol. The molecule has 4 aromatic rings. The van der Waals surface area contributed by atoms with Crippen LogP contribution in [0.15, 0.2) is 42.7 Å². The molecular formula is C20H18N6OS. The van der Waals surface area contributed by atoms with E-state index in [4.69, 9.17) is 4.98 Å². The summed E-state index contributed by atoms with van der Waals surface area (Å²) in [5.41, 5.74) is 2.96. The third-order valence-electron chi connectivity index (χ3n) is 4.95. The SMILES string of the molecule is Cc1cccc2sc(N(Cc3cccnc3)C(=O)c3nnc4n3CCC4)nc12. The van der Waals surface area contributed by atoms with Crippen molar-refractivity contribution in [3.63, 3.8) is 0 Å². The highest BCUT2D eigenvalue weighted by Gasteiger charge is 2.29. The average Bonchev–Trinajstić information content (AvgIpc) is 3.42. The number of nitrogens with zero attached hydrogens (tertiary/aromatic N) is 6. The number of benzene rings is 1. The van der Waals surface area contributed by atoms with Crippen molar-refractivity contribution in [2.24, 2.45) is 0 Å². The van der Waals surface area contributed by atoms with Gasteiger partial charge < -0.3 is 4.57 Å². The Labute approximate surface area is 165 Å². The monoisotopic (exact) mass is 390 g/mol. The summed E-state index contributed by atoms with van der Waals surface area (Å²) in [5, 5.41) is 9.03. The lowest BCUT2D eigenvalue weighted by molar-refractivity contribution is 0.0970. The van der Waals surface area contributed by atoms with Crippen LogP contribution >= 0.6 is 11.3 Å². The van der Waals surface area contributed by atoms with E-state index < -0.39 is 0 Å². The van der Waals surface area contributed by atoms with E-state index in [2.05, 4.69) is 15.2 Å². The fourth-order valence-electron chi connectivity index (χ4n) is 3.52. The number of fused-ring (bicyclic) bond motifs is 2. The highest BCUT2D eigenvalue weighted by molar-refractivity contribution is 7.22. The van der Waals surface area contributed by atoms with Crippen molar-refractivity contribution in [1.29, 1.82) is 0 Å². The van der Waals surface area contributed by atoms with E-state index in [-0.39, 0.29) is 5.91 Å². The van der Waals surface area contributed by atoms with Gasteiger partial charge in [-0.15, -0.1) is 10.2 Å². The van der Waals surface area contributed by atoms with Gasteiger partial charge in [-0.3, -0.25) is 14.7 Å². The maximum Gasteiger partial charge on any atom is 0.298 e. The van der Waals surface area contributed by atoms with Crippen molar-refractivity contribution >= 4 is 32.6 Å². The van der Waals surface area contributed by atoms with Crippen LogP contribution in [0.4, 0.5) is 5.13 Å². The number of anilines is 1. The molecule has 1 aliphatic heterocycles. The molecule has 28 heavy (non-hydrogen) atoms. The smallest absolute Gasteiger partial charge is 0.298 e. The summed E-state index contributed by atoms with van der Waals surface area (Å²) in [6.07, 6.45) is 5.35. The second-order valence-corrected chi connectivity index (χ2v) is 7.87. The number of amides is 1. The first-order valence-corrected chi connectivity index (χ1v) is 10.0. The molecule has 140 valence electrons. The minimum absolute atomic E-state index is 0.179. The van der Waals surface area contributed by atoms with Crippen LogP contribution in [0.2, 0.25) is 0 Å². The molecule has 0 atom stereocenters. The van der Waals surface area contributed by atoms with Crippen LogP contribution in [0.1, 0.15) is 34.0 Å². The molecule has 0 fully saturated rings. The number of aromatic nitrogens is 5. The summed E-state index contributed by atoms with van der Waals surface area (Å²) >= 11 is 1.51. The van der Waals surface area contributed by atoms with E-state index in [1.54, 1.807) is 17.3 Å². The second-order valence-electron chi connectivity index (χ2n) is 6.87. The Kier molecular flexibility index (Phi) is 4.12. The summed E-state index contributed by atoms with van der Waals surface area (Å²) < 4.78 is 2.99. The van der Waals surface area contributed by atoms with Crippen molar-refractivity contribution in [1.82, 2.24) is 24.7 Å². The van der Waals surface area contributed by atoms with Crippen LogP contribution in [-0.2, 0) is 19.5 Å². The van der Waals surface area contributed by atoms with Gasteiger partial charge in [0, 0.05) is 25.4 Å². The number of rotatable bonds is 4. The van der Waals surface area contributed by atoms with Crippen LogP contribution in [0.5, 0.6) is 0 Å². The number of para-hydroxylation sites is 1. The number of hydrogen-bond acceptors (Lipinski definition) is 6. The average molecular weight is 390 g/mol. The molecule has 0 saturated carbocycles. The Hall–Kier alpha value is -3.13. The fraction of sp³-hybridized carbons (Fsp3) is 0.250. The van der Waals surface area contributed by atoms with Crippen LogP contribution in [-0.4, -0.2) is 30.6 Å². The van der Waals surface area contributed by atoms with Crippen LogP contribution < -0.4 is 4.90 Å². The fourth-order valence-corrected chi connectivity index (χ4v) is 4.56. The molecule has 1 amide bonds. The molecule has 4 heterocycles. The molecule has 0 N–H and O–H groups in total. The van der Waals surface area contributed by atoms with Gasteiger partial charge in [-0.1, -0.05) is 29.5 Å². The highest BCUT2D eigenvalue weighted by atomic mass is 32.1. The van der Waals surface area contributed by atoms with Crippen molar-refractivity contribution in [2.75, 3.05) is 4.90 Å². The number of thiazole rings is 1. The normalized spacial score (nSPS) is 13.0. The Bertz CT molecular complexity index is 1170.